The molecule has 0 aliphatic rings. The van der Waals surface area contributed by atoms with E-state index in [4.69, 9.17) is 10.1 Å². The minimum Gasteiger partial charge on any atom is -0.494 e. The third-order valence-corrected chi connectivity index (χ3v) is 5.52. The third kappa shape index (κ3) is 6.22. The van der Waals surface area contributed by atoms with Gasteiger partial charge in [-0.15, -0.1) is 0 Å². The molecular weight excluding hydrogens is 527 g/mol. The lowest BCUT2D eigenvalue weighted by atomic mass is 10.1. The van der Waals surface area contributed by atoms with E-state index in [1.54, 1.807) is 12.1 Å². The number of halogens is 5. The van der Waals surface area contributed by atoms with Crippen LogP contribution >= 0.6 is 0 Å². The summed E-state index contributed by atoms with van der Waals surface area (Å²) in [5, 5.41) is 18.8. The van der Waals surface area contributed by atoms with Crippen molar-refractivity contribution < 1.29 is 31.4 Å². The first-order valence-electron chi connectivity index (χ1n) is 11.3. The number of ether oxygens (including phenoxy) is 2. The van der Waals surface area contributed by atoms with Crippen molar-refractivity contribution in [2.45, 2.75) is 25.3 Å². The second-order valence-electron chi connectivity index (χ2n) is 8.04. The quantitative estimate of drug-likeness (QED) is 0.207. The molecule has 9 nitrogen and oxygen atoms in total. The van der Waals surface area contributed by atoms with E-state index in [-0.39, 0.29) is 29.4 Å². The lowest BCUT2D eigenvalue weighted by molar-refractivity contribution is -0.137. The monoisotopic (exact) mass is 548 g/mol. The molecule has 0 bridgehead atoms. The Hall–Kier alpha value is -4.75. The van der Waals surface area contributed by atoms with Crippen LogP contribution in [0.25, 0.3) is 11.4 Å². The maximum Gasteiger partial charge on any atom is 0.416 e. The summed E-state index contributed by atoms with van der Waals surface area (Å²) < 4.78 is 77.3. The van der Waals surface area contributed by atoms with Crippen molar-refractivity contribution in [2.75, 3.05) is 12.4 Å². The number of rotatable bonds is 10. The van der Waals surface area contributed by atoms with Crippen LogP contribution in [0.4, 0.5) is 27.6 Å². The second-order valence-corrected chi connectivity index (χ2v) is 8.04. The Morgan fingerprint density at radius 2 is 1.92 bits per heavy atom. The van der Waals surface area contributed by atoms with E-state index >= 15 is 0 Å². The Kier molecular flexibility index (Phi) is 7.93. The van der Waals surface area contributed by atoms with Gasteiger partial charge in [0.05, 0.1) is 30.6 Å². The number of methoxy groups -OCH3 is 1. The van der Waals surface area contributed by atoms with Crippen LogP contribution < -0.4 is 20.2 Å². The van der Waals surface area contributed by atoms with Crippen molar-refractivity contribution in [3.05, 3.63) is 88.5 Å². The summed E-state index contributed by atoms with van der Waals surface area (Å²) in [4.78, 5) is 12.7. The van der Waals surface area contributed by atoms with Crippen molar-refractivity contribution in [3.8, 4) is 23.0 Å². The predicted molar refractivity (Wildman–Crippen MR) is 131 cm³/mol. The number of anilines is 1. The van der Waals surface area contributed by atoms with Crippen LogP contribution in [0.3, 0.4) is 0 Å². The molecule has 0 fully saturated rings. The highest BCUT2D eigenvalue weighted by atomic mass is 19.4. The van der Waals surface area contributed by atoms with Gasteiger partial charge in [0.25, 0.3) is 0 Å². The lowest BCUT2D eigenvalue weighted by Crippen LogP contribution is -2.24. The largest absolute Gasteiger partial charge is 0.494 e. The van der Waals surface area contributed by atoms with E-state index in [0.29, 0.717) is 11.4 Å². The number of nitrogens with zero attached hydrogens (tertiary/aromatic N) is 4. The molecule has 14 heteroatoms. The first-order chi connectivity index (χ1) is 18.6. The second kappa shape index (κ2) is 11.3. The molecule has 1 unspecified atom stereocenters. The normalized spacial score (nSPS) is 12.3. The third-order valence-electron chi connectivity index (χ3n) is 5.52. The maximum atomic E-state index is 13.2. The Morgan fingerprint density at radius 3 is 2.62 bits per heavy atom. The first-order valence-corrected chi connectivity index (χ1v) is 11.3. The van der Waals surface area contributed by atoms with Crippen molar-refractivity contribution in [3.63, 3.8) is 0 Å². The summed E-state index contributed by atoms with van der Waals surface area (Å²) in [5.41, 5.74) is -0.633. The summed E-state index contributed by atoms with van der Waals surface area (Å²) in [6.07, 6.45) is -0.923. The van der Waals surface area contributed by atoms with Crippen LogP contribution in [0, 0.1) is 5.41 Å². The van der Waals surface area contributed by atoms with Gasteiger partial charge in [0.15, 0.2) is 0 Å². The van der Waals surface area contributed by atoms with Gasteiger partial charge in [-0.3, -0.25) is 4.79 Å². The molecule has 0 spiro atoms. The summed E-state index contributed by atoms with van der Waals surface area (Å²) in [5.74, 6) is 0.0428. The van der Waals surface area contributed by atoms with Gasteiger partial charge in [0.1, 0.15) is 17.1 Å². The molecule has 4 rings (SSSR count). The van der Waals surface area contributed by atoms with Crippen LogP contribution in [0.2, 0.25) is 0 Å². The molecule has 0 radical (unpaired) electrons. The molecule has 2 heterocycles. The van der Waals surface area contributed by atoms with E-state index in [9.17, 15) is 26.7 Å². The molecule has 2 aromatic carbocycles. The summed E-state index contributed by atoms with van der Waals surface area (Å²) in [6.45, 7) is -3.05. The Labute approximate surface area is 217 Å². The van der Waals surface area contributed by atoms with Crippen LogP contribution in [0.15, 0.2) is 71.8 Å². The Morgan fingerprint density at radius 1 is 1.13 bits per heavy atom. The molecule has 0 saturated carbocycles. The number of alkyl halides is 5. The molecule has 2 aromatic heterocycles. The topological polar surface area (TPSA) is 107 Å². The smallest absolute Gasteiger partial charge is 0.416 e. The minimum atomic E-state index is -4.56. The van der Waals surface area contributed by atoms with Crippen molar-refractivity contribution in [1.82, 2.24) is 19.6 Å². The molecule has 1 atom stereocenters. The SMILES string of the molecule is COc1cc(-n2nccc2OC(F)F)ccc1-n1ccc(=O)c(C(CC=N)Nc2cccc(C(F)(F)F)c2)n1. The average Bonchev–Trinajstić information content (AvgIpc) is 3.35. The fourth-order valence-corrected chi connectivity index (χ4v) is 3.79. The molecule has 4 aromatic rings. The molecule has 2 N–H and O–H groups in total. The number of aromatic nitrogens is 4. The van der Waals surface area contributed by atoms with Gasteiger partial charge in [-0.25, -0.2) is 9.36 Å². The van der Waals surface area contributed by atoms with Crippen LogP contribution in [-0.2, 0) is 6.18 Å². The Bertz CT molecular complexity index is 1520. The zero-order chi connectivity index (χ0) is 28.2. The molecule has 0 amide bonds. The van der Waals surface area contributed by atoms with E-state index in [1.807, 2.05) is 0 Å². The summed E-state index contributed by atoms with van der Waals surface area (Å²) in [7, 11) is 1.37. The molecule has 204 valence electrons. The van der Waals surface area contributed by atoms with Gasteiger partial charge >= 0.3 is 12.8 Å². The zero-order valence-electron chi connectivity index (χ0n) is 20.2. The van der Waals surface area contributed by atoms with Crippen LogP contribution in [0.1, 0.15) is 23.7 Å². The van der Waals surface area contributed by atoms with Crippen molar-refractivity contribution >= 4 is 11.9 Å². The van der Waals surface area contributed by atoms with Crippen LogP contribution in [0.5, 0.6) is 11.6 Å². The lowest BCUT2D eigenvalue weighted by Gasteiger charge is -2.20. The van der Waals surface area contributed by atoms with E-state index < -0.39 is 29.8 Å². The van der Waals surface area contributed by atoms with E-state index in [0.717, 1.165) is 23.0 Å². The highest BCUT2D eigenvalue weighted by molar-refractivity contribution is 5.58. The molecule has 39 heavy (non-hydrogen) atoms. The zero-order valence-corrected chi connectivity index (χ0v) is 20.2. The number of hydrogen-bond donors (Lipinski definition) is 2. The fourth-order valence-electron chi connectivity index (χ4n) is 3.79. The summed E-state index contributed by atoms with van der Waals surface area (Å²) >= 11 is 0. The van der Waals surface area contributed by atoms with Crippen molar-refractivity contribution in [1.29, 1.82) is 5.41 Å². The number of hydrogen-bond acceptors (Lipinski definition) is 7. The van der Waals surface area contributed by atoms with E-state index in [1.165, 1.54) is 54.5 Å². The Balaban J connectivity index is 1.70. The standard InChI is InChI=1S/C25H21F5N6O3/c1-38-21-14-17(36-22(8-11-32-36)39-24(26)27)5-6-19(21)35-12-9-20(37)23(34-35)18(7-10-31)33-16-4-2-3-15(13-16)25(28,29)30/h2-6,8-14,18,24,31,33H,7H2,1H3. The van der Waals surface area contributed by atoms with E-state index in [2.05, 4.69) is 20.3 Å². The minimum absolute atomic E-state index is 0.0369. The number of nitrogens with one attached hydrogen (secondary N) is 2. The first kappa shape index (κ1) is 27.3. The van der Waals surface area contributed by atoms with Gasteiger partial charge in [-0.05, 0) is 36.5 Å². The molecular formula is C25H21F5N6O3. The van der Waals surface area contributed by atoms with Gasteiger partial charge < -0.3 is 20.2 Å². The molecule has 0 aliphatic heterocycles. The highest BCUT2D eigenvalue weighted by Crippen LogP contribution is 2.32. The van der Waals surface area contributed by atoms with Gasteiger partial charge in [0, 0.05) is 36.5 Å². The average molecular weight is 548 g/mol. The van der Waals surface area contributed by atoms with Crippen LogP contribution in [-0.4, -0.2) is 39.5 Å². The molecule has 0 saturated heterocycles. The highest BCUT2D eigenvalue weighted by Gasteiger charge is 2.30. The molecule has 0 aliphatic carbocycles. The fraction of sp³-hybridized carbons (Fsp3) is 0.200. The number of benzene rings is 2. The van der Waals surface area contributed by atoms with Gasteiger partial charge in [-0.1, -0.05) is 6.07 Å². The predicted octanol–water partition coefficient (Wildman–Crippen LogP) is 5.24. The maximum absolute atomic E-state index is 13.2. The summed E-state index contributed by atoms with van der Waals surface area (Å²) in [6, 6.07) is 10.6. The van der Waals surface area contributed by atoms with Gasteiger partial charge in [0.2, 0.25) is 11.3 Å². The van der Waals surface area contributed by atoms with Crippen molar-refractivity contribution in [2.24, 2.45) is 0 Å². The van der Waals surface area contributed by atoms with Gasteiger partial charge in [-0.2, -0.15) is 32.1 Å².